The lowest BCUT2D eigenvalue weighted by Crippen LogP contribution is -2.19. The van der Waals surface area contributed by atoms with Crippen molar-refractivity contribution < 1.29 is 19.8 Å². The zero-order chi connectivity index (χ0) is 21.1. The Kier molecular flexibility index (Phi) is 6.37. The number of hydrogen-bond acceptors (Lipinski definition) is 4. The van der Waals surface area contributed by atoms with Crippen LogP contribution >= 0.6 is 23.2 Å². The van der Waals surface area contributed by atoms with Crippen molar-refractivity contribution >= 4 is 45.9 Å². The summed E-state index contributed by atoms with van der Waals surface area (Å²) in [6.07, 6.45) is 2.44. The molecule has 0 saturated heterocycles. The van der Waals surface area contributed by atoms with Crippen molar-refractivity contribution in [3.8, 4) is 0 Å². The number of nitrogens with zero attached hydrogens (tertiary/aromatic N) is 1. The lowest BCUT2D eigenvalue weighted by atomic mass is 10.0. The van der Waals surface area contributed by atoms with Crippen molar-refractivity contribution in [2.75, 3.05) is 6.61 Å². The first-order valence-corrected chi connectivity index (χ1v) is 9.60. The third-order valence-electron chi connectivity index (χ3n) is 4.56. The molecule has 3 rings (SSSR count). The number of ketones is 1. The van der Waals surface area contributed by atoms with Gasteiger partial charge in [-0.3, -0.25) is 9.59 Å². The van der Waals surface area contributed by atoms with Crippen LogP contribution in [0.25, 0.3) is 10.9 Å². The molecule has 3 aromatic rings. The molecule has 0 fully saturated rings. The highest BCUT2D eigenvalue weighted by atomic mass is 35.5. The van der Waals surface area contributed by atoms with Crippen LogP contribution < -0.4 is 5.43 Å². The lowest BCUT2D eigenvalue weighted by Gasteiger charge is -2.13. The fraction of sp³-hybridized carbons (Fsp3) is 0.190. The van der Waals surface area contributed by atoms with Crippen LogP contribution in [0.1, 0.15) is 39.1 Å². The lowest BCUT2D eigenvalue weighted by molar-refractivity contribution is 0.0694. The molecule has 1 heterocycles. The smallest absolute Gasteiger partial charge is 0.341 e. The Morgan fingerprint density at radius 2 is 1.76 bits per heavy atom. The second-order valence-corrected chi connectivity index (χ2v) is 7.33. The zero-order valence-electron chi connectivity index (χ0n) is 15.2. The van der Waals surface area contributed by atoms with Crippen LogP contribution in [0.5, 0.6) is 0 Å². The number of hydrogen-bond donors (Lipinski definition) is 2. The summed E-state index contributed by atoms with van der Waals surface area (Å²) in [5, 5.41) is 19.1. The maximum Gasteiger partial charge on any atom is 0.341 e. The molecule has 29 heavy (non-hydrogen) atoms. The van der Waals surface area contributed by atoms with E-state index in [4.69, 9.17) is 28.3 Å². The van der Waals surface area contributed by atoms with Gasteiger partial charge in [0.1, 0.15) is 5.56 Å². The van der Waals surface area contributed by atoms with E-state index in [9.17, 15) is 19.5 Å². The molecule has 0 bridgehead atoms. The predicted molar refractivity (Wildman–Crippen MR) is 111 cm³/mol. The number of aliphatic hydroxyl groups is 1. The molecule has 0 aliphatic rings. The number of benzene rings is 2. The third-order valence-corrected chi connectivity index (χ3v) is 5.10. The van der Waals surface area contributed by atoms with Crippen LogP contribution in [-0.4, -0.2) is 33.1 Å². The summed E-state index contributed by atoms with van der Waals surface area (Å²) in [5.74, 6) is -1.74. The number of aliphatic hydroxyl groups excluding tert-OH is 1. The van der Waals surface area contributed by atoms with E-state index < -0.39 is 17.2 Å². The van der Waals surface area contributed by atoms with Crippen LogP contribution in [0, 0.1) is 0 Å². The second kappa shape index (κ2) is 8.78. The Balaban J connectivity index is 2.15. The van der Waals surface area contributed by atoms with Gasteiger partial charge in [-0.15, -0.1) is 0 Å². The Bertz CT molecular complexity index is 1170. The molecule has 0 amide bonds. The predicted octanol–water partition coefficient (Wildman–Crippen LogP) is 4.01. The van der Waals surface area contributed by atoms with Gasteiger partial charge in [-0.25, -0.2) is 4.79 Å². The molecule has 6 nitrogen and oxygen atoms in total. The van der Waals surface area contributed by atoms with E-state index in [0.717, 1.165) is 0 Å². The van der Waals surface area contributed by atoms with E-state index in [1.807, 2.05) is 0 Å². The van der Waals surface area contributed by atoms with E-state index in [2.05, 4.69) is 0 Å². The van der Waals surface area contributed by atoms with Crippen LogP contribution in [0.2, 0.25) is 10.0 Å². The van der Waals surface area contributed by atoms with Gasteiger partial charge >= 0.3 is 5.97 Å². The van der Waals surface area contributed by atoms with Crippen LogP contribution in [0.3, 0.4) is 0 Å². The second-order valence-electron chi connectivity index (χ2n) is 6.49. The number of rotatable bonds is 7. The third kappa shape index (κ3) is 4.34. The standard InChI is InChI=1S/C21H17Cl2NO5/c22-13-4-5-14(17(23)10-13)19(26)12-3-6-18-15(9-12)20(27)16(21(28)29)11-24(18)7-1-2-8-25/h3-6,9-11,25H,1-2,7-8H2,(H,28,29). The maximum absolute atomic E-state index is 12.9. The summed E-state index contributed by atoms with van der Waals surface area (Å²) in [6, 6.07) is 9.06. The van der Waals surface area contributed by atoms with Crippen molar-refractivity contribution in [3.63, 3.8) is 0 Å². The Morgan fingerprint density at radius 3 is 2.41 bits per heavy atom. The number of carboxylic acid groups (broad SMARTS) is 1. The summed E-state index contributed by atoms with van der Waals surface area (Å²) < 4.78 is 1.65. The normalized spacial score (nSPS) is 11.0. The van der Waals surface area contributed by atoms with Gasteiger partial charge in [-0.05, 0) is 49.2 Å². The summed E-state index contributed by atoms with van der Waals surface area (Å²) in [5.41, 5.74) is -0.0913. The molecule has 150 valence electrons. The Labute approximate surface area is 175 Å². The van der Waals surface area contributed by atoms with E-state index in [1.165, 1.54) is 24.4 Å². The molecular formula is C21H17Cl2NO5. The molecule has 1 aromatic heterocycles. The maximum atomic E-state index is 12.9. The first kappa shape index (κ1) is 21.0. The van der Waals surface area contributed by atoms with Crippen LogP contribution in [0.15, 0.2) is 47.4 Å². The molecule has 0 saturated carbocycles. The van der Waals surface area contributed by atoms with Gasteiger partial charge < -0.3 is 14.8 Å². The number of carbonyl (C=O) groups excluding carboxylic acids is 1. The average Bonchev–Trinajstić information content (AvgIpc) is 2.69. The summed E-state index contributed by atoms with van der Waals surface area (Å²) in [6.45, 7) is 0.443. The molecule has 0 unspecified atom stereocenters. The minimum atomic E-state index is -1.34. The summed E-state index contributed by atoms with van der Waals surface area (Å²) in [7, 11) is 0. The fourth-order valence-corrected chi connectivity index (χ4v) is 3.59. The van der Waals surface area contributed by atoms with Gasteiger partial charge in [0.15, 0.2) is 5.78 Å². The molecular weight excluding hydrogens is 417 g/mol. The van der Waals surface area contributed by atoms with Gasteiger partial charge in [0, 0.05) is 40.9 Å². The molecule has 0 radical (unpaired) electrons. The number of aromatic nitrogens is 1. The average molecular weight is 434 g/mol. The van der Waals surface area contributed by atoms with Crippen molar-refractivity contribution in [3.05, 3.63) is 79.6 Å². The van der Waals surface area contributed by atoms with Crippen molar-refractivity contribution in [1.82, 2.24) is 4.57 Å². The van der Waals surface area contributed by atoms with Crippen molar-refractivity contribution in [2.45, 2.75) is 19.4 Å². The number of pyridine rings is 1. The number of carboxylic acids is 1. The SMILES string of the molecule is O=C(c1ccc2c(c1)c(=O)c(C(=O)O)cn2CCCCO)c1ccc(Cl)cc1Cl. The first-order valence-electron chi connectivity index (χ1n) is 8.84. The quantitative estimate of drug-likeness (QED) is 0.433. The number of fused-ring (bicyclic) bond motifs is 1. The largest absolute Gasteiger partial charge is 0.477 e. The monoisotopic (exact) mass is 433 g/mol. The van der Waals surface area contributed by atoms with Gasteiger partial charge in [0.2, 0.25) is 5.43 Å². The van der Waals surface area contributed by atoms with Crippen molar-refractivity contribution in [2.24, 2.45) is 0 Å². The zero-order valence-corrected chi connectivity index (χ0v) is 16.7. The molecule has 8 heteroatoms. The van der Waals surface area contributed by atoms with Gasteiger partial charge in [0.25, 0.3) is 0 Å². The minimum absolute atomic E-state index is 0.0183. The van der Waals surface area contributed by atoms with E-state index in [0.29, 0.717) is 29.9 Å². The molecule has 0 aliphatic heterocycles. The fourth-order valence-electron chi connectivity index (χ4n) is 3.10. The van der Waals surface area contributed by atoms with E-state index in [1.54, 1.807) is 22.8 Å². The minimum Gasteiger partial charge on any atom is -0.477 e. The number of unbranched alkanes of at least 4 members (excludes halogenated alkanes) is 1. The highest BCUT2D eigenvalue weighted by Crippen LogP contribution is 2.25. The van der Waals surface area contributed by atoms with Gasteiger partial charge in [-0.1, -0.05) is 23.2 Å². The molecule has 2 aromatic carbocycles. The van der Waals surface area contributed by atoms with Gasteiger partial charge in [0.05, 0.1) is 10.5 Å². The van der Waals surface area contributed by atoms with E-state index in [-0.39, 0.29) is 33.7 Å². The molecule has 2 N–H and O–H groups in total. The highest BCUT2D eigenvalue weighted by Gasteiger charge is 2.18. The number of carbonyl (C=O) groups is 2. The summed E-state index contributed by atoms with van der Waals surface area (Å²) >= 11 is 12.0. The highest BCUT2D eigenvalue weighted by molar-refractivity contribution is 6.37. The van der Waals surface area contributed by atoms with Gasteiger partial charge in [-0.2, -0.15) is 0 Å². The topological polar surface area (TPSA) is 96.6 Å². The first-order chi connectivity index (χ1) is 13.8. The molecule has 0 aliphatic carbocycles. The van der Waals surface area contributed by atoms with E-state index >= 15 is 0 Å². The molecule has 0 spiro atoms. The number of halogens is 2. The molecule has 0 atom stereocenters. The Morgan fingerprint density at radius 1 is 1.00 bits per heavy atom. The number of aromatic carboxylic acids is 1. The van der Waals surface area contributed by atoms with Crippen molar-refractivity contribution in [1.29, 1.82) is 0 Å². The summed E-state index contributed by atoms with van der Waals surface area (Å²) in [4.78, 5) is 37.1. The van der Waals surface area contributed by atoms with Crippen LogP contribution in [-0.2, 0) is 6.54 Å². The Hall–Kier alpha value is -2.67. The van der Waals surface area contributed by atoms with Crippen LogP contribution in [0.4, 0.5) is 0 Å². The number of aryl methyl sites for hydroxylation is 1.